The van der Waals surface area contributed by atoms with E-state index >= 15 is 0 Å². The Morgan fingerprint density at radius 1 is 1.02 bits per heavy atom. The molecule has 0 aromatic heterocycles. The average molecular weight is 600 g/mol. The van der Waals surface area contributed by atoms with Gasteiger partial charge >= 0.3 is 0 Å². The van der Waals surface area contributed by atoms with Crippen molar-refractivity contribution < 1.29 is 49.0 Å². The molecule has 3 fully saturated rings. The monoisotopic (exact) mass is 599 g/mol. The summed E-state index contributed by atoms with van der Waals surface area (Å²) >= 11 is 0. The van der Waals surface area contributed by atoms with Gasteiger partial charge in [-0.05, 0) is 43.2 Å². The summed E-state index contributed by atoms with van der Waals surface area (Å²) in [6.45, 7) is 3.50. The third-order valence-electron chi connectivity index (χ3n) is 7.59. The van der Waals surface area contributed by atoms with Gasteiger partial charge < -0.3 is 50.4 Å². The van der Waals surface area contributed by atoms with Gasteiger partial charge in [-0.2, -0.15) is 0 Å². The fourth-order valence-corrected chi connectivity index (χ4v) is 5.26. The predicted molar refractivity (Wildman–Crippen MR) is 152 cm³/mol. The Hall–Kier alpha value is -3.69. The maximum absolute atomic E-state index is 12.9. The minimum atomic E-state index is -1.45. The van der Waals surface area contributed by atoms with Crippen LogP contribution in [0.25, 0.3) is 6.08 Å². The number of benzene rings is 2. The summed E-state index contributed by atoms with van der Waals surface area (Å²) in [6, 6.07) is 13.4. The van der Waals surface area contributed by atoms with Gasteiger partial charge in [-0.3, -0.25) is 15.1 Å². The number of hydroxylamine groups is 1. The summed E-state index contributed by atoms with van der Waals surface area (Å²) < 4.78 is 22.3. The first kappa shape index (κ1) is 30.8. The van der Waals surface area contributed by atoms with Gasteiger partial charge in [0.25, 0.3) is 0 Å². The van der Waals surface area contributed by atoms with E-state index in [-0.39, 0.29) is 24.5 Å². The Bertz CT molecular complexity index is 1350. The first-order chi connectivity index (χ1) is 20.6. The molecule has 0 radical (unpaired) electrons. The van der Waals surface area contributed by atoms with Gasteiger partial charge in [0.05, 0.1) is 30.5 Å². The summed E-state index contributed by atoms with van der Waals surface area (Å²) in [5.41, 5.74) is 11.7. The lowest BCUT2D eigenvalue weighted by molar-refractivity contribution is -0.155. The van der Waals surface area contributed by atoms with Crippen LogP contribution in [-0.4, -0.2) is 82.1 Å². The van der Waals surface area contributed by atoms with Gasteiger partial charge in [-0.25, -0.2) is 0 Å². The number of aliphatic hydroxyl groups is 4. The van der Waals surface area contributed by atoms with E-state index < -0.39 is 54.9 Å². The summed E-state index contributed by atoms with van der Waals surface area (Å²) in [4.78, 5) is 18.4. The van der Waals surface area contributed by atoms with Crippen LogP contribution >= 0.6 is 0 Å². The summed E-state index contributed by atoms with van der Waals surface area (Å²) in [7, 11) is 0. The fourth-order valence-electron chi connectivity index (χ4n) is 5.26. The molecule has 3 aliphatic rings. The van der Waals surface area contributed by atoms with Gasteiger partial charge in [0.1, 0.15) is 49.2 Å². The minimum Gasteiger partial charge on any atom is -0.454 e. The number of allylic oxidation sites excluding steroid dienone is 1. The molecule has 8 N–H and O–H groups in total. The molecule has 5 rings (SSSR count). The molecule has 1 saturated carbocycles. The lowest BCUT2D eigenvalue weighted by atomic mass is 9.83. The molecule has 2 heterocycles. The molecule has 2 aromatic carbocycles. The zero-order valence-electron chi connectivity index (χ0n) is 23.8. The molecule has 0 unspecified atom stereocenters. The maximum atomic E-state index is 12.9. The van der Waals surface area contributed by atoms with Crippen LogP contribution in [0.5, 0.6) is 5.75 Å². The van der Waals surface area contributed by atoms with Crippen molar-refractivity contribution in [1.29, 1.82) is 0 Å². The number of hydrogen-bond donors (Lipinski definition) is 7. The number of nitrogen functional groups attached to an aromatic ring is 1. The van der Waals surface area contributed by atoms with Crippen molar-refractivity contribution in [3.05, 3.63) is 76.7 Å². The van der Waals surface area contributed by atoms with E-state index in [0.29, 0.717) is 29.4 Å². The number of nitrogens with one attached hydrogen (secondary N) is 2. The van der Waals surface area contributed by atoms with E-state index in [1.54, 1.807) is 38.1 Å². The Morgan fingerprint density at radius 3 is 2.47 bits per heavy atom. The molecule has 43 heavy (non-hydrogen) atoms. The quantitative estimate of drug-likeness (QED) is 0.120. The minimum absolute atomic E-state index is 0.122. The highest BCUT2D eigenvalue weighted by Crippen LogP contribution is 2.32. The number of aliphatic hydroxyl groups excluding tert-OH is 4. The summed E-state index contributed by atoms with van der Waals surface area (Å²) in [5, 5.41) is 44.5. The second-order valence-electron chi connectivity index (χ2n) is 10.8. The van der Waals surface area contributed by atoms with Gasteiger partial charge in [-0.15, -0.1) is 0 Å². The van der Waals surface area contributed by atoms with Crippen LogP contribution in [0.4, 0.5) is 5.69 Å². The molecule has 1 aliphatic carbocycles. The van der Waals surface area contributed by atoms with Gasteiger partial charge in [0.2, 0.25) is 12.2 Å². The van der Waals surface area contributed by atoms with Gasteiger partial charge in [0, 0.05) is 5.57 Å². The number of nitrogens with two attached hydrogens (primary N) is 1. The van der Waals surface area contributed by atoms with Crippen LogP contribution in [0.1, 0.15) is 31.4 Å². The Kier molecular flexibility index (Phi) is 9.52. The van der Waals surface area contributed by atoms with E-state index in [0.717, 1.165) is 5.56 Å². The van der Waals surface area contributed by atoms with E-state index in [1.807, 2.05) is 30.3 Å². The highest BCUT2D eigenvalue weighted by Gasteiger charge is 2.53. The van der Waals surface area contributed by atoms with E-state index in [1.165, 1.54) is 0 Å². The fraction of sp³-hybridized carbons (Fsp3) is 0.433. The SMILES string of the molecule is CC(=Cc1ccc(O[C@H]2C[C@H](O)C(=C(C)NOCc3ccccc3)O2)c(N)c1)C(=O)N[C@@H]1[C@H](O)[C@@H](O)[C@H]2OCO[C@H]2[C@@H]1O. The Morgan fingerprint density at radius 2 is 1.74 bits per heavy atom. The molecular weight excluding hydrogens is 562 g/mol. The van der Waals surface area contributed by atoms with Crippen LogP contribution in [0.2, 0.25) is 0 Å². The first-order valence-electron chi connectivity index (χ1n) is 13.9. The van der Waals surface area contributed by atoms with Crippen molar-refractivity contribution in [3.63, 3.8) is 0 Å². The average Bonchev–Trinajstić information content (AvgIpc) is 3.63. The topological polar surface area (TPSA) is 194 Å². The molecule has 13 heteroatoms. The first-order valence-corrected chi connectivity index (χ1v) is 13.9. The number of hydrogen-bond acceptors (Lipinski definition) is 12. The van der Waals surface area contributed by atoms with E-state index in [2.05, 4.69) is 10.8 Å². The Balaban J connectivity index is 1.16. The normalized spacial score (nSPS) is 31.6. The number of amides is 1. The summed E-state index contributed by atoms with van der Waals surface area (Å²) in [5.74, 6) is 0.0801. The zero-order valence-corrected chi connectivity index (χ0v) is 23.8. The zero-order chi connectivity index (χ0) is 30.7. The van der Waals surface area contributed by atoms with Crippen molar-refractivity contribution in [1.82, 2.24) is 10.8 Å². The third kappa shape index (κ3) is 6.94. The van der Waals surface area contributed by atoms with E-state index in [4.69, 9.17) is 29.5 Å². The van der Waals surface area contributed by atoms with Crippen LogP contribution in [-0.2, 0) is 30.4 Å². The molecule has 13 nitrogen and oxygen atoms in total. The van der Waals surface area contributed by atoms with Crippen molar-refractivity contribution in [2.24, 2.45) is 0 Å². The van der Waals surface area contributed by atoms with Crippen molar-refractivity contribution in [2.45, 2.75) is 75.8 Å². The molecule has 2 saturated heterocycles. The molecule has 232 valence electrons. The van der Waals surface area contributed by atoms with Crippen molar-refractivity contribution in [2.75, 3.05) is 12.5 Å². The molecule has 2 aromatic rings. The number of fused-ring (bicyclic) bond motifs is 1. The van der Waals surface area contributed by atoms with Crippen LogP contribution < -0.4 is 21.3 Å². The molecule has 1 amide bonds. The second kappa shape index (κ2) is 13.3. The van der Waals surface area contributed by atoms with Gasteiger partial charge in [-0.1, -0.05) is 36.4 Å². The highest BCUT2D eigenvalue weighted by atomic mass is 16.7. The number of carbonyl (C=O) groups excluding carboxylic acids is 1. The standard InChI is InChI=1S/C30H37N3O10/c1-15(30(38)32-23-24(35)26(37)29-28(25(23)36)39-14-40-29)10-18-8-9-21(19(31)11-18)42-22-12-20(34)27(43-22)16(2)33-41-13-17-6-4-3-5-7-17/h3-11,20,22-26,28-29,33-37H,12-14,31H2,1-2H3,(H,32,38)/t20-,22+,23+,24-,25+,26+,28-,29+/m0/s1. The molecule has 8 atom stereocenters. The maximum Gasteiger partial charge on any atom is 0.247 e. The smallest absolute Gasteiger partial charge is 0.247 e. The number of ether oxygens (including phenoxy) is 4. The Labute approximate surface area is 248 Å². The van der Waals surface area contributed by atoms with Crippen LogP contribution in [0, 0.1) is 0 Å². The number of carbonyl (C=O) groups is 1. The van der Waals surface area contributed by atoms with Gasteiger partial charge in [0.15, 0.2) is 5.76 Å². The third-order valence-corrected chi connectivity index (χ3v) is 7.59. The highest BCUT2D eigenvalue weighted by molar-refractivity contribution is 5.97. The number of anilines is 1. The van der Waals surface area contributed by atoms with Crippen molar-refractivity contribution in [3.8, 4) is 5.75 Å². The lowest BCUT2D eigenvalue weighted by Crippen LogP contribution is -2.67. The predicted octanol–water partition coefficient (Wildman–Crippen LogP) is 0.434. The molecule has 2 aliphatic heterocycles. The van der Waals surface area contributed by atoms with Crippen LogP contribution in [0.15, 0.2) is 65.6 Å². The largest absolute Gasteiger partial charge is 0.454 e. The lowest BCUT2D eigenvalue weighted by Gasteiger charge is -2.41. The second-order valence-corrected chi connectivity index (χ2v) is 10.8. The molecule has 0 spiro atoms. The van der Waals surface area contributed by atoms with E-state index in [9.17, 15) is 25.2 Å². The van der Waals surface area contributed by atoms with Crippen LogP contribution in [0.3, 0.4) is 0 Å². The molecular formula is C30H37N3O10. The number of rotatable bonds is 9. The van der Waals surface area contributed by atoms with Crippen molar-refractivity contribution >= 4 is 17.7 Å². The summed E-state index contributed by atoms with van der Waals surface area (Å²) in [6.07, 6.45) is -5.73. The molecule has 0 bridgehead atoms.